The van der Waals surface area contributed by atoms with Crippen molar-refractivity contribution < 1.29 is 19.5 Å². The van der Waals surface area contributed by atoms with E-state index in [1.54, 1.807) is 13.8 Å². The van der Waals surface area contributed by atoms with E-state index in [0.29, 0.717) is 5.00 Å². The molecule has 0 rings (SSSR count). The van der Waals surface area contributed by atoms with Gasteiger partial charge in [0.2, 0.25) is 0 Å². The maximum absolute atomic E-state index is 8.77. The second-order valence-electron chi connectivity index (χ2n) is 2.40. The van der Waals surface area contributed by atoms with Crippen LogP contribution < -0.4 is 0 Å². The minimum Gasteiger partial charge on any atom is -0.335 e. The molecule has 76 valence electrons. The van der Waals surface area contributed by atoms with Crippen molar-refractivity contribution in [1.29, 1.82) is 5.26 Å². The lowest BCUT2D eigenvalue weighted by Gasteiger charge is -2.21. The molecule has 0 aliphatic carbocycles. The molecule has 0 heterocycles. The highest BCUT2D eigenvalue weighted by atomic mass is 31.2. The topological polar surface area (TPSA) is 86.0 Å². The lowest BCUT2D eigenvalue weighted by Crippen LogP contribution is -2.23. The lowest BCUT2D eigenvalue weighted by molar-refractivity contribution is -0.323. The van der Waals surface area contributed by atoms with Crippen LogP contribution in [0.5, 0.6) is 0 Å². The molecule has 0 saturated carbocycles. The molecule has 0 atom stereocenters. The summed E-state index contributed by atoms with van der Waals surface area (Å²) in [5.74, 6) is 0. The normalized spacial score (nSPS) is 11.2. The smallest absolute Gasteiger partial charge is 0.305 e. The molecule has 7 heteroatoms. The van der Waals surface area contributed by atoms with Crippen LogP contribution >= 0.6 is 8.53 Å². The second-order valence-corrected chi connectivity index (χ2v) is 3.26. The minimum absolute atomic E-state index is 0.0726. The van der Waals surface area contributed by atoms with E-state index in [1.807, 2.05) is 6.07 Å². The SMILES string of the molecule is CC(C)ON(OCCC#N)P(O)O. The highest BCUT2D eigenvalue weighted by Crippen LogP contribution is 2.30. The van der Waals surface area contributed by atoms with Gasteiger partial charge in [-0.3, -0.25) is 9.68 Å². The summed E-state index contributed by atoms with van der Waals surface area (Å²) in [6, 6.07) is 1.85. The first-order valence-corrected chi connectivity index (χ1v) is 4.92. The molecular formula is C6H13N2O4P. The molecule has 0 aliphatic heterocycles. The van der Waals surface area contributed by atoms with Crippen LogP contribution in [-0.4, -0.2) is 27.5 Å². The highest BCUT2D eigenvalue weighted by molar-refractivity contribution is 7.41. The lowest BCUT2D eigenvalue weighted by atomic mass is 10.5. The molecule has 13 heavy (non-hydrogen) atoms. The summed E-state index contributed by atoms with van der Waals surface area (Å²) in [4.78, 5) is 27.8. The van der Waals surface area contributed by atoms with Gasteiger partial charge in [-0.05, 0) is 13.8 Å². The van der Waals surface area contributed by atoms with Crippen molar-refractivity contribution in [2.24, 2.45) is 0 Å². The summed E-state index contributed by atoms with van der Waals surface area (Å²) in [6.45, 7) is 3.52. The van der Waals surface area contributed by atoms with Crippen molar-refractivity contribution in [2.75, 3.05) is 6.61 Å². The largest absolute Gasteiger partial charge is 0.335 e. The van der Waals surface area contributed by atoms with E-state index in [1.165, 1.54) is 0 Å². The van der Waals surface area contributed by atoms with Crippen LogP contribution in [0.15, 0.2) is 0 Å². The zero-order chi connectivity index (χ0) is 10.3. The molecule has 0 aromatic heterocycles. The molecule has 6 nitrogen and oxygen atoms in total. The van der Waals surface area contributed by atoms with Gasteiger partial charge in [0.25, 0.3) is 0 Å². The first-order chi connectivity index (χ1) is 6.07. The number of nitriles is 1. The molecule has 0 aliphatic rings. The van der Waals surface area contributed by atoms with E-state index < -0.39 is 8.53 Å². The van der Waals surface area contributed by atoms with Gasteiger partial charge in [0, 0.05) is 5.00 Å². The van der Waals surface area contributed by atoms with Gasteiger partial charge >= 0.3 is 8.53 Å². The molecule has 0 radical (unpaired) electrons. The Kier molecular flexibility index (Phi) is 7.00. The maximum Gasteiger partial charge on any atom is 0.305 e. The third-order valence-corrected chi connectivity index (χ3v) is 1.36. The van der Waals surface area contributed by atoms with E-state index in [-0.39, 0.29) is 19.1 Å². The molecule has 0 fully saturated rings. The van der Waals surface area contributed by atoms with Crippen LogP contribution in [0.2, 0.25) is 0 Å². The van der Waals surface area contributed by atoms with Crippen molar-refractivity contribution >= 4 is 8.53 Å². The van der Waals surface area contributed by atoms with E-state index in [4.69, 9.17) is 24.7 Å². The Bertz CT molecular complexity index is 171. The van der Waals surface area contributed by atoms with Gasteiger partial charge in [-0.25, -0.2) is 0 Å². The predicted molar refractivity (Wildman–Crippen MR) is 45.6 cm³/mol. The fourth-order valence-electron chi connectivity index (χ4n) is 0.474. The summed E-state index contributed by atoms with van der Waals surface area (Å²) >= 11 is 0. The summed E-state index contributed by atoms with van der Waals surface area (Å²) in [5, 5.41) is 8.19. The van der Waals surface area contributed by atoms with E-state index in [9.17, 15) is 0 Å². The zero-order valence-corrected chi connectivity index (χ0v) is 8.44. The number of nitrogens with zero attached hydrogens (tertiary/aromatic N) is 2. The first kappa shape index (κ1) is 12.7. The van der Waals surface area contributed by atoms with Crippen LogP contribution in [-0.2, 0) is 9.68 Å². The van der Waals surface area contributed by atoms with Gasteiger partial charge in [0.05, 0.1) is 25.2 Å². The van der Waals surface area contributed by atoms with Crippen molar-refractivity contribution in [1.82, 2.24) is 5.00 Å². The van der Waals surface area contributed by atoms with Gasteiger partial charge in [0.15, 0.2) is 0 Å². The Balaban J connectivity index is 3.75. The van der Waals surface area contributed by atoms with Crippen LogP contribution in [0, 0.1) is 11.3 Å². The van der Waals surface area contributed by atoms with Crippen molar-refractivity contribution in [2.45, 2.75) is 26.4 Å². The molecule has 0 bridgehead atoms. The third kappa shape index (κ3) is 6.84. The van der Waals surface area contributed by atoms with Crippen molar-refractivity contribution in [3.63, 3.8) is 0 Å². The Morgan fingerprint density at radius 2 is 2.15 bits per heavy atom. The standard InChI is InChI=1S/C6H13N2O4P/c1-6(2)12-8(13(9)10)11-5-3-4-7/h6,9-10H,3,5H2,1-2H3. The number of hydrogen-bond donors (Lipinski definition) is 2. The molecule has 2 N–H and O–H groups in total. The Morgan fingerprint density at radius 3 is 2.54 bits per heavy atom. The molecule has 0 spiro atoms. The number of rotatable bonds is 6. The van der Waals surface area contributed by atoms with Crippen LogP contribution in [0.1, 0.15) is 20.3 Å². The van der Waals surface area contributed by atoms with Crippen LogP contribution in [0.3, 0.4) is 0 Å². The van der Waals surface area contributed by atoms with Gasteiger partial charge in [-0.1, -0.05) is 0 Å². The average molecular weight is 208 g/mol. The Hall–Kier alpha value is -0.280. The zero-order valence-electron chi connectivity index (χ0n) is 7.54. The summed E-state index contributed by atoms with van der Waals surface area (Å²) in [6.07, 6.45) is -0.0485. The number of hydrogen-bond acceptors (Lipinski definition) is 6. The highest BCUT2D eigenvalue weighted by Gasteiger charge is 2.17. The molecular weight excluding hydrogens is 195 g/mol. The fourth-order valence-corrected chi connectivity index (χ4v) is 0.932. The second kappa shape index (κ2) is 7.15. The van der Waals surface area contributed by atoms with E-state index >= 15 is 0 Å². The van der Waals surface area contributed by atoms with E-state index in [0.717, 1.165) is 0 Å². The fraction of sp³-hybridized carbons (Fsp3) is 0.833. The first-order valence-electron chi connectivity index (χ1n) is 3.72. The minimum atomic E-state index is -2.43. The van der Waals surface area contributed by atoms with Crippen LogP contribution in [0.25, 0.3) is 0 Å². The molecule has 0 aromatic rings. The summed E-state index contributed by atoms with van der Waals surface area (Å²) in [5.41, 5.74) is 0. The third-order valence-electron chi connectivity index (χ3n) is 0.863. The van der Waals surface area contributed by atoms with Gasteiger partial charge in [-0.15, -0.1) is 0 Å². The van der Waals surface area contributed by atoms with Crippen molar-refractivity contribution in [3.05, 3.63) is 0 Å². The monoisotopic (exact) mass is 208 g/mol. The molecule has 0 amide bonds. The van der Waals surface area contributed by atoms with Crippen molar-refractivity contribution in [3.8, 4) is 6.07 Å². The maximum atomic E-state index is 8.77. The Morgan fingerprint density at radius 1 is 1.54 bits per heavy atom. The van der Waals surface area contributed by atoms with E-state index in [2.05, 4.69) is 0 Å². The van der Waals surface area contributed by atoms with Crippen LogP contribution in [0.4, 0.5) is 0 Å². The summed E-state index contributed by atoms with van der Waals surface area (Å²) in [7, 11) is -2.43. The quantitative estimate of drug-likeness (QED) is 0.379. The average Bonchev–Trinajstić information content (AvgIpc) is 2.02. The molecule has 0 unspecified atom stereocenters. The Labute approximate surface area is 78.2 Å². The van der Waals surface area contributed by atoms with Gasteiger partial charge in [0.1, 0.15) is 0 Å². The molecule has 0 aromatic carbocycles. The predicted octanol–water partition coefficient (Wildman–Crippen LogP) is 0.685. The van der Waals surface area contributed by atoms with Gasteiger partial charge < -0.3 is 9.79 Å². The summed E-state index contributed by atoms with van der Waals surface area (Å²) < 4.78 is 0. The van der Waals surface area contributed by atoms with Gasteiger partial charge in [-0.2, -0.15) is 5.26 Å². The molecule has 0 saturated heterocycles.